The molecule has 0 spiro atoms. The highest BCUT2D eigenvalue weighted by atomic mass is 32.1. The van der Waals surface area contributed by atoms with E-state index in [-0.39, 0.29) is 131 Å². The van der Waals surface area contributed by atoms with Crippen LogP contribution in [0.25, 0.3) is 21.2 Å². The number of fused-ring (bicyclic) bond motifs is 7. The largest absolute Gasteiger partial charge is 0.295 e. The summed E-state index contributed by atoms with van der Waals surface area (Å²) in [4.78, 5) is 12.4. The van der Waals surface area contributed by atoms with E-state index in [2.05, 4.69) is 0 Å². The molecule has 1 aliphatic carbocycles. The van der Waals surface area contributed by atoms with Gasteiger partial charge in [-0.05, 0) is 131 Å². The Morgan fingerprint density at radius 1 is 0.561 bits per heavy atom. The van der Waals surface area contributed by atoms with Crippen molar-refractivity contribution in [3.05, 3.63) is 142 Å². The van der Waals surface area contributed by atoms with Gasteiger partial charge in [0, 0.05) is 33.1 Å². The van der Waals surface area contributed by atoms with Crippen LogP contribution in [0, 0.1) is 0 Å². The van der Waals surface area contributed by atoms with Crippen LogP contribution < -0.4 is 20.0 Å². The van der Waals surface area contributed by atoms with Crippen molar-refractivity contribution < 1.29 is 21.9 Å². The summed E-state index contributed by atoms with van der Waals surface area (Å²) in [5, 5.41) is 0.156. The summed E-state index contributed by atoms with van der Waals surface area (Å²) in [6, 6.07) is -4.14. The van der Waals surface area contributed by atoms with Crippen LogP contribution >= 0.6 is 11.3 Å². The van der Waals surface area contributed by atoms with Gasteiger partial charge in [-0.1, -0.05) is 171 Å². The molecule has 0 fully saturated rings. The predicted molar refractivity (Wildman–Crippen MR) is 287 cm³/mol. The Labute approximate surface area is 423 Å². The maximum absolute atomic E-state index is 10.4. The monoisotopic (exact) mass is 906 g/mol. The number of nitrogens with zero attached hydrogens (tertiary/aromatic N) is 4. The molecule has 0 saturated heterocycles. The molecule has 2 aromatic heterocycles. The summed E-state index contributed by atoms with van der Waals surface area (Å²) in [6.07, 6.45) is 2.47. The van der Waals surface area contributed by atoms with Crippen molar-refractivity contribution in [2.24, 2.45) is 0 Å². The lowest BCUT2D eigenvalue weighted by atomic mass is 9.63. The van der Waals surface area contributed by atoms with E-state index in [1.54, 1.807) is 69.6 Å². The van der Waals surface area contributed by atoms with Crippen LogP contribution in [-0.4, -0.2) is 17.2 Å². The zero-order chi connectivity index (χ0) is 61.4. The van der Waals surface area contributed by atoms with Gasteiger partial charge in [-0.25, -0.2) is 9.97 Å². The number of thiophene rings is 1. The molecule has 7 aromatic rings. The summed E-state index contributed by atoms with van der Waals surface area (Å²) in [5.41, 5.74) is -4.87. The Hall–Kier alpha value is -5.20. The van der Waals surface area contributed by atoms with Crippen molar-refractivity contribution in [3.63, 3.8) is 0 Å². The molecule has 2 aliphatic rings. The number of hydrogen-bond donors (Lipinski definition) is 0. The zero-order valence-electron chi connectivity index (χ0n) is 57.3. The lowest BCUT2D eigenvalue weighted by molar-refractivity contribution is 0.332. The lowest BCUT2D eigenvalue weighted by Crippen LogP contribution is -2.35. The average molecular weight is 906 g/mol. The van der Waals surface area contributed by atoms with Crippen LogP contribution in [0.1, 0.15) is 179 Å². The molecule has 4 nitrogen and oxygen atoms in total. The quantitative estimate of drug-likeness (QED) is 0.165. The molecule has 5 aromatic carbocycles. The van der Waals surface area contributed by atoms with Crippen LogP contribution in [0.2, 0.25) is 0 Å². The van der Waals surface area contributed by atoms with Gasteiger partial charge in [0.1, 0.15) is 18.0 Å². The Kier molecular flexibility index (Phi) is 7.19. The van der Waals surface area contributed by atoms with Gasteiger partial charge < -0.3 is 0 Å². The van der Waals surface area contributed by atoms with Crippen LogP contribution in [0.15, 0.2) is 109 Å². The van der Waals surface area contributed by atoms with E-state index < -0.39 is 86.5 Å². The molecule has 339 valence electrons. The molecule has 0 saturated carbocycles. The molecule has 0 atom stereocenters. The molecular formula is C60H70BN4S. The van der Waals surface area contributed by atoms with E-state index in [9.17, 15) is 21.9 Å². The van der Waals surface area contributed by atoms with Crippen molar-refractivity contribution in [1.82, 2.24) is 9.97 Å². The normalized spacial score (nSPS) is 19.5. The van der Waals surface area contributed by atoms with E-state index >= 15 is 0 Å². The third-order valence-electron chi connectivity index (χ3n) is 12.7. The van der Waals surface area contributed by atoms with Gasteiger partial charge in [0.2, 0.25) is 7.28 Å². The van der Waals surface area contributed by atoms with E-state index in [1.165, 1.54) is 15.9 Å². The molecule has 9 rings (SSSR count). The Morgan fingerprint density at radius 3 is 1.71 bits per heavy atom. The first kappa shape index (κ1) is 30.2. The second-order valence-corrected chi connectivity index (χ2v) is 24.3. The first-order chi connectivity index (χ1) is 37.4. The van der Waals surface area contributed by atoms with E-state index in [0.717, 1.165) is 17.7 Å². The minimum absolute atomic E-state index is 0.0401. The first-order valence-corrected chi connectivity index (χ1v) is 23.6. The fourth-order valence-corrected chi connectivity index (χ4v) is 9.45. The van der Waals surface area contributed by atoms with Crippen LogP contribution in [-0.2, 0) is 32.5 Å². The van der Waals surface area contributed by atoms with Crippen LogP contribution in [0.3, 0.4) is 0 Å². The molecule has 1 radical (unpaired) electrons. The second-order valence-electron chi connectivity index (χ2n) is 23.3. The summed E-state index contributed by atoms with van der Waals surface area (Å²) in [5.74, 6) is -0.285. The smallest absolute Gasteiger partial charge is 0.210 e. The second kappa shape index (κ2) is 15.7. The lowest BCUT2D eigenvalue weighted by Gasteiger charge is -2.42. The van der Waals surface area contributed by atoms with Gasteiger partial charge in [0.15, 0.2) is 0 Å². The van der Waals surface area contributed by atoms with Gasteiger partial charge in [0.25, 0.3) is 0 Å². The third kappa shape index (κ3) is 8.31. The number of anilines is 6. The summed E-state index contributed by atoms with van der Waals surface area (Å²) >= 11 is 1.00. The van der Waals surface area contributed by atoms with Crippen molar-refractivity contribution in [2.45, 2.75) is 156 Å². The van der Waals surface area contributed by atoms with E-state index in [4.69, 9.17) is 9.97 Å². The van der Waals surface area contributed by atoms with Crippen LogP contribution in [0.4, 0.5) is 34.4 Å². The highest BCUT2D eigenvalue weighted by Gasteiger charge is 2.38. The highest BCUT2D eigenvalue weighted by Crippen LogP contribution is 2.50. The van der Waals surface area contributed by atoms with Crippen molar-refractivity contribution in [1.29, 1.82) is 0 Å². The van der Waals surface area contributed by atoms with E-state index in [0.29, 0.717) is 24.0 Å². The molecule has 2 bridgehead atoms. The maximum Gasteiger partial charge on any atom is 0.210 e. The number of rotatable bonds is 3. The summed E-state index contributed by atoms with van der Waals surface area (Å²) in [6.45, 7) is 29.5. The number of benzene rings is 5. The fourth-order valence-electron chi connectivity index (χ4n) is 8.41. The Bertz CT molecular complexity index is 3910. The topological polar surface area (TPSA) is 32.3 Å². The molecule has 3 heterocycles. The molecule has 6 heteroatoms. The predicted octanol–water partition coefficient (Wildman–Crippen LogP) is 15.8. The summed E-state index contributed by atoms with van der Waals surface area (Å²) in [7, 11) is 1.56. The van der Waals surface area contributed by atoms with Crippen LogP contribution in [0.5, 0.6) is 0 Å². The van der Waals surface area contributed by atoms with Crippen molar-refractivity contribution in [2.75, 3.05) is 9.80 Å². The minimum atomic E-state index is -1.03. The molecule has 0 unspecified atom stereocenters. The van der Waals surface area contributed by atoms with Crippen molar-refractivity contribution in [3.8, 4) is 11.1 Å². The fraction of sp³-hybridized carbons (Fsp3) is 0.400. The van der Waals surface area contributed by atoms with Crippen molar-refractivity contribution >= 4 is 73.3 Å². The third-order valence-corrected chi connectivity index (χ3v) is 13.8. The minimum Gasteiger partial charge on any atom is -0.295 e. The standard InChI is InChI=1S/C60H70BN4S/c1-55(2,3)38-19-17-37(18-20-38)43-31-39(56(4,5)6)21-26-48(43)65-49-27-22-41(58(10,11)12)33-47(49)61-54-53(44-32-40(57(7,8)9)23-28-50(44)66-54)64(51-35-52(65)63-36-62-51)42-24-25-45-46(34-42)60(15,16)30-29-59(45,13)14/h17-28,31-36H,29-30H2,1-16H3/i17D,18D,19D,20D,21D,22D,23D,24D,25D,26D,27D,28D,31D,32D,33D,34D. The molecule has 1 aliphatic heterocycles. The Morgan fingerprint density at radius 2 is 1.09 bits per heavy atom. The van der Waals surface area contributed by atoms with Gasteiger partial charge in [0.05, 0.1) is 33.3 Å². The van der Waals surface area contributed by atoms with Gasteiger partial charge in [-0.15, -0.1) is 11.3 Å². The maximum atomic E-state index is 10.4. The summed E-state index contributed by atoms with van der Waals surface area (Å²) < 4.78 is 159. The highest BCUT2D eigenvalue weighted by molar-refractivity contribution is 7.29. The number of hydrogen-bond acceptors (Lipinski definition) is 5. The molecule has 66 heavy (non-hydrogen) atoms. The molecule has 0 N–H and O–H groups in total. The van der Waals surface area contributed by atoms with Gasteiger partial charge in [-0.2, -0.15) is 0 Å². The Balaban J connectivity index is 1.59. The van der Waals surface area contributed by atoms with Gasteiger partial charge >= 0.3 is 0 Å². The average Bonchev–Trinajstić information content (AvgIpc) is 3.84. The molecule has 0 amide bonds. The number of aromatic nitrogens is 2. The van der Waals surface area contributed by atoms with Gasteiger partial charge in [-0.3, -0.25) is 9.80 Å². The first-order valence-electron chi connectivity index (χ1n) is 30.8. The SMILES string of the molecule is [2H]c1c([2H])c(C(C)(C)C)c([2H])c([2H])c1-c1c([2H])c(C(C)(C)C)c([2H])c([2H])c1N1c2cc(ncn2)N(c2c([2H])c([2H])c3c(c2[2H])C(C)(C)CCC3(C)C)c2c(sc3c([2H])c([2H])c(C(C)(C)C)c([2H])c23)[B]c2c([2H])c(C(C)(C)C)c([2H])c([2H])c21. The van der Waals surface area contributed by atoms with E-state index in [1.807, 2.05) is 48.5 Å². The molecular weight excluding hydrogens is 820 g/mol. The zero-order valence-corrected chi connectivity index (χ0v) is 42.2.